The normalized spacial score (nSPS) is 20.3. The summed E-state index contributed by atoms with van der Waals surface area (Å²) in [5, 5.41) is 0. The van der Waals surface area contributed by atoms with E-state index < -0.39 is 0 Å². The Kier molecular flexibility index (Phi) is 5.07. The van der Waals surface area contributed by atoms with Gasteiger partial charge in [-0.1, -0.05) is 22.0 Å². The summed E-state index contributed by atoms with van der Waals surface area (Å²) in [5.74, 6) is 0.481. The maximum Gasteiger partial charge on any atom is 0.228 e. The van der Waals surface area contributed by atoms with Crippen molar-refractivity contribution in [3.8, 4) is 0 Å². The van der Waals surface area contributed by atoms with Crippen LogP contribution in [0.1, 0.15) is 6.42 Å². The van der Waals surface area contributed by atoms with Crippen molar-refractivity contribution < 1.29 is 9.59 Å². The van der Waals surface area contributed by atoms with Crippen LogP contribution in [0.2, 0.25) is 0 Å². The fourth-order valence-electron chi connectivity index (χ4n) is 3.61. The Balaban J connectivity index is 1.37. The summed E-state index contributed by atoms with van der Waals surface area (Å²) in [5.41, 5.74) is 0.829. The van der Waals surface area contributed by atoms with Crippen LogP contribution in [0.25, 0.3) is 0 Å². The molecule has 1 unspecified atom stereocenters. The third-order valence-electron chi connectivity index (χ3n) is 5.02. The van der Waals surface area contributed by atoms with Gasteiger partial charge in [0.05, 0.1) is 5.92 Å². The van der Waals surface area contributed by atoms with Crippen molar-refractivity contribution >= 4 is 39.4 Å². The van der Waals surface area contributed by atoms with Crippen molar-refractivity contribution in [2.75, 3.05) is 42.5 Å². The summed E-state index contributed by atoms with van der Waals surface area (Å²) in [6.07, 6.45) is 3.72. The third-order valence-corrected chi connectivity index (χ3v) is 5.51. The molecule has 1 atom stereocenters. The van der Waals surface area contributed by atoms with Crippen LogP contribution >= 0.6 is 15.9 Å². The van der Waals surface area contributed by atoms with Crippen LogP contribution in [-0.2, 0) is 9.59 Å². The highest BCUT2D eigenvalue weighted by Gasteiger charge is 2.38. The summed E-state index contributed by atoms with van der Waals surface area (Å²) in [6, 6.07) is 9.41. The molecule has 0 N–H and O–H groups in total. The van der Waals surface area contributed by atoms with Crippen LogP contribution in [0.3, 0.4) is 0 Å². The fraction of sp³-hybridized carbons (Fsp3) is 0.368. The molecule has 3 heterocycles. The highest BCUT2D eigenvalue weighted by molar-refractivity contribution is 9.10. The molecule has 7 nitrogen and oxygen atoms in total. The molecule has 1 aromatic heterocycles. The number of nitrogens with zero attached hydrogens (tertiary/aromatic N) is 5. The molecule has 2 aliphatic heterocycles. The average Bonchev–Trinajstić information content (AvgIpc) is 3.10. The largest absolute Gasteiger partial charge is 0.339 e. The Bertz CT molecular complexity index is 839. The zero-order valence-corrected chi connectivity index (χ0v) is 16.4. The molecule has 0 bridgehead atoms. The van der Waals surface area contributed by atoms with Crippen LogP contribution < -0.4 is 9.80 Å². The van der Waals surface area contributed by atoms with Gasteiger partial charge in [0.1, 0.15) is 0 Å². The number of anilines is 2. The molecule has 0 radical (unpaired) electrons. The lowest BCUT2D eigenvalue weighted by atomic mass is 10.1. The Morgan fingerprint density at radius 2 is 1.81 bits per heavy atom. The first-order valence-corrected chi connectivity index (χ1v) is 9.78. The van der Waals surface area contributed by atoms with Gasteiger partial charge in [-0.25, -0.2) is 9.97 Å². The molecular formula is C19H20BrN5O2. The van der Waals surface area contributed by atoms with Gasteiger partial charge in [0.15, 0.2) is 0 Å². The predicted molar refractivity (Wildman–Crippen MR) is 105 cm³/mol. The van der Waals surface area contributed by atoms with Crippen LogP contribution in [0.4, 0.5) is 11.6 Å². The van der Waals surface area contributed by atoms with Gasteiger partial charge < -0.3 is 14.7 Å². The topological polar surface area (TPSA) is 69.6 Å². The minimum Gasteiger partial charge on any atom is -0.339 e. The molecule has 1 aromatic carbocycles. The van der Waals surface area contributed by atoms with Crippen LogP contribution in [0.5, 0.6) is 0 Å². The van der Waals surface area contributed by atoms with E-state index in [1.807, 2.05) is 29.2 Å². The number of benzene rings is 1. The highest BCUT2D eigenvalue weighted by Crippen LogP contribution is 2.28. The molecule has 0 saturated carbocycles. The average molecular weight is 430 g/mol. The minimum atomic E-state index is -0.281. The maximum atomic E-state index is 12.9. The summed E-state index contributed by atoms with van der Waals surface area (Å²) >= 11 is 3.43. The molecule has 2 saturated heterocycles. The first kappa shape index (κ1) is 17.9. The van der Waals surface area contributed by atoms with Crippen molar-refractivity contribution in [3.05, 3.63) is 47.2 Å². The number of carbonyl (C=O) groups is 2. The Hall–Kier alpha value is -2.48. The second-order valence-corrected chi connectivity index (χ2v) is 7.66. The summed E-state index contributed by atoms with van der Waals surface area (Å²) < 4.78 is 0.918. The number of aromatic nitrogens is 2. The maximum absolute atomic E-state index is 12.9. The lowest BCUT2D eigenvalue weighted by Crippen LogP contribution is -2.51. The van der Waals surface area contributed by atoms with Gasteiger partial charge >= 0.3 is 0 Å². The van der Waals surface area contributed by atoms with E-state index in [1.165, 1.54) is 0 Å². The molecule has 2 fully saturated rings. The Labute approximate surface area is 166 Å². The molecule has 4 rings (SSSR count). The number of hydrogen-bond donors (Lipinski definition) is 0. The smallest absolute Gasteiger partial charge is 0.228 e. The Morgan fingerprint density at radius 1 is 1.07 bits per heavy atom. The molecule has 2 amide bonds. The molecule has 0 aliphatic carbocycles. The van der Waals surface area contributed by atoms with Crippen molar-refractivity contribution in [1.29, 1.82) is 0 Å². The van der Waals surface area contributed by atoms with Crippen LogP contribution in [-0.4, -0.2) is 59.4 Å². The second kappa shape index (κ2) is 7.64. The number of amides is 2. The highest BCUT2D eigenvalue weighted by atomic mass is 79.9. The van der Waals surface area contributed by atoms with Gasteiger partial charge in [0.2, 0.25) is 17.8 Å². The van der Waals surface area contributed by atoms with Crippen molar-refractivity contribution in [1.82, 2.24) is 14.9 Å². The van der Waals surface area contributed by atoms with E-state index in [9.17, 15) is 9.59 Å². The number of halogens is 1. The lowest BCUT2D eigenvalue weighted by molar-refractivity contribution is -0.136. The molecule has 2 aromatic rings. The Morgan fingerprint density at radius 3 is 2.52 bits per heavy atom. The van der Waals surface area contributed by atoms with E-state index >= 15 is 0 Å². The molecule has 140 valence electrons. The van der Waals surface area contributed by atoms with Gasteiger partial charge in [0, 0.05) is 61.7 Å². The summed E-state index contributed by atoms with van der Waals surface area (Å²) in [7, 11) is 0. The zero-order chi connectivity index (χ0) is 18.8. The lowest BCUT2D eigenvalue weighted by Gasteiger charge is -2.35. The van der Waals surface area contributed by atoms with E-state index in [2.05, 4.69) is 30.8 Å². The summed E-state index contributed by atoms with van der Waals surface area (Å²) in [6.45, 7) is 3.09. The van der Waals surface area contributed by atoms with Crippen LogP contribution in [0.15, 0.2) is 47.2 Å². The van der Waals surface area contributed by atoms with Crippen molar-refractivity contribution in [2.45, 2.75) is 6.42 Å². The van der Waals surface area contributed by atoms with E-state index in [4.69, 9.17) is 0 Å². The van der Waals surface area contributed by atoms with Crippen LogP contribution in [0, 0.1) is 5.92 Å². The SMILES string of the molecule is O=C(C1CC(=O)N(c2cccc(Br)c2)C1)N1CCN(c2ncccn2)CC1. The van der Waals surface area contributed by atoms with Gasteiger partial charge in [0.25, 0.3) is 0 Å². The van der Waals surface area contributed by atoms with Gasteiger partial charge in [-0.2, -0.15) is 0 Å². The van der Waals surface area contributed by atoms with E-state index in [0.717, 1.165) is 10.2 Å². The number of hydrogen-bond acceptors (Lipinski definition) is 5. The molecule has 0 spiro atoms. The van der Waals surface area contributed by atoms with Gasteiger partial charge in [-0.3, -0.25) is 9.59 Å². The van der Waals surface area contributed by atoms with Crippen molar-refractivity contribution in [3.63, 3.8) is 0 Å². The summed E-state index contributed by atoms with van der Waals surface area (Å²) in [4.78, 5) is 39.5. The molecular weight excluding hydrogens is 410 g/mol. The predicted octanol–water partition coefficient (Wildman–Crippen LogP) is 1.94. The second-order valence-electron chi connectivity index (χ2n) is 6.75. The van der Waals surface area contributed by atoms with E-state index in [1.54, 1.807) is 23.4 Å². The molecule has 2 aliphatic rings. The number of carbonyl (C=O) groups excluding carboxylic acids is 2. The zero-order valence-electron chi connectivity index (χ0n) is 14.8. The minimum absolute atomic E-state index is 0.00257. The van der Waals surface area contributed by atoms with Gasteiger partial charge in [-0.15, -0.1) is 0 Å². The van der Waals surface area contributed by atoms with E-state index in [-0.39, 0.29) is 24.2 Å². The number of rotatable bonds is 3. The third kappa shape index (κ3) is 3.80. The van der Waals surface area contributed by atoms with Crippen molar-refractivity contribution in [2.24, 2.45) is 5.92 Å². The first-order valence-electron chi connectivity index (χ1n) is 8.98. The standard InChI is InChI=1S/C19H20BrN5O2/c20-15-3-1-4-16(12-15)25-13-14(11-17(25)26)18(27)23-7-9-24(10-8-23)19-21-5-2-6-22-19/h1-6,12,14H,7-11,13H2. The molecule has 27 heavy (non-hydrogen) atoms. The number of piperazine rings is 1. The molecule has 8 heteroatoms. The fourth-order valence-corrected chi connectivity index (χ4v) is 3.99. The quantitative estimate of drug-likeness (QED) is 0.745. The first-order chi connectivity index (χ1) is 13.1. The van der Waals surface area contributed by atoms with E-state index in [0.29, 0.717) is 38.7 Å². The van der Waals surface area contributed by atoms with Gasteiger partial charge in [-0.05, 0) is 24.3 Å². The monoisotopic (exact) mass is 429 g/mol.